The first-order valence-electron chi connectivity index (χ1n) is 4.98. The average molecular weight is 209 g/mol. The summed E-state index contributed by atoms with van der Waals surface area (Å²) < 4.78 is 0. The third-order valence-corrected chi connectivity index (χ3v) is 3.44. The van der Waals surface area contributed by atoms with Crippen LogP contribution in [0.3, 0.4) is 0 Å². The standard InChI is InChI=1S/C10H21ClS/c1-3-6-10(9-11)7-5-8-12-4-2/h10H,3-9H2,1-2H3. The number of alkyl halides is 1. The second-order valence-electron chi connectivity index (χ2n) is 3.15. The van der Waals surface area contributed by atoms with Crippen molar-refractivity contribution in [1.29, 1.82) is 0 Å². The second kappa shape index (κ2) is 9.73. The largest absolute Gasteiger partial charge is 0.162 e. The Labute approximate surface area is 86.5 Å². The monoisotopic (exact) mass is 208 g/mol. The Bertz CT molecular complexity index is 85.9. The van der Waals surface area contributed by atoms with Gasteiger partial charge in [-0.15, -0.1) is 11.6 Å². The van der Waals surface area contributed by atoms with Gasteiger partial charge in [-0.05, 0) is 36.7 Å². The van der Waals surface area contributed by atoms with E-state index in [1.54, 1.807) is 0 Å². The van der Waals surface area contributed by atoms with Crippen LogP contribution in [-0.2, 0) is 0 Å². The van der Waals surface area contributed by atoms with Crippen LogP contribution in [0.2, 0.25) is 0 Å². The minimum Gasteiger partial charge on any atom is -0.162 e. The maximum absolute atomic E-state index is 5.85. The molecule has 0 aliphatic rings. The first-order valence-corrected chi connectivity index (χ1v) is 6.67. The summed E-state index contributed by atoms with van der Waals surface area (Å²) in [6, 6.07) is 0. The highest BCUT2D eigenvalue weighted by molar-refractivity contribution is 7.99. The van der Waals surface area contributed by atoms with Crippen molar-refractivity contribution in [1.82, 2.24) is 0 Å². The molecule has 74 valence electrons. The molecule has 0 fully saturated rings. The Kier molecular flexibility index (Phi) is 10.2. The summed E-state index contributed by atoms with van der Waals surface area (Å²) in [4.78, 5) is 0. The molecular formula is C10H21ClS. The van der Waals surface area contributed by atoms with E-state index in [2.05, 4.69) is 13.8 Å². The zero-order chi connectivity index (χ0) is 9.23. The molecule has 0 rings (SSSR count). The lowest BCUT2D eigenvalue weighted by molar-refractivity contribution is 0.487. The van der Waals surface area contributed by atoms with Crippen LogP contribution >= 0.6 is 23.4 Å². The highest BCUT2D eigenvalue weighted by atomic mass is 35.5. The second-order valence-corrected chi connectivity index (χ2v) is 4.85. The zero-order valence-corrected chi connectivity index (χ0v) is 9.89. The zero-order valence-electron chi connectivity index (χ0n) is 8.31. The SMILES string of the molecule is CCCC(CCl)CCCSCC. The Balaban J connectivity index is 3.19. The van der Waals surface area contributed by atoms with Crippen LogP contribution in [0.15, 0.2) is 0 Å². The predicted octanol–water partition coefficient (Wildman–Crippen LogP) is 4.17. The van der Waals surface area contributed by atoms with Crippen molar-refractivity contribution in [2.75, 3.05) is 17.4 Å². The fourth-order valence-electron chi connectivity index (χ4n) is 1.33. The minimum absolute atomic E-state index is 0.772. The van der Waals surface area contributed by atoms with Crippen molar-refractivity contribution in [2.45, 2.75) is 39.5 Å². The number of thioether (sulfide) groups is 1. The van der Waals surface area contributed by atoms with E-state index < -0.39 is 0 Å². The molecule has 0 radical (unpaired) electrons. The maximum atomic E-state index is 5.85. The van der Waals surface area contributed by atoms with Crippen LogP contribution in [0.4, 0.5) is 0 Å². The molecule has 12 heavy (non-hydrogen) atoms. The van der Waals surface area contributed by atoms with Crippen molar-refractivity contribution < 1.29 is 0 Å². The van der Waals surface area contributed by atoms with Crippen LogP contribution in [0.1, 0.15) is 39.5 Å². The number of halogens is 1. The number of hydrogen-bond donors (Lipinski definition) is 0. The first kappa shape index (κ1) is 12.6. The lowest BCUT2D eigenvalue weighted by Crippen LogP contribution is -2.02. The smallest absolute Gasteiger partial charge is 0.0251 e. The van der Waals surface area contributed by atoms with Crippen LogP contribution in [0, 0.1) is 5.92 Å². The third-order valence-electron chi connectivity index (χ3n) is 2.02. The topological polar surface area (TPSA) is 0 Å². The summed E-state index contributed by atoms with van der Waals surface area (Å²) in [5.74, 6) is 4.19. The van der Waals surface area contributed by atoms with Crippen molar-refractivity contribution >= 4 is 23.4 Å². The molecule has 0 aromatic heterocycles. The minimum atomic E-state index is 0.772. The van der Waals surface area contributed by atoms with Gasteiger partial charge in [0.1, 0.15) is 0 Å². The molecule has 1 unspecified atom stereocenters. The van der Waals surface area contributed by atoms with E-state index in [1.807, 2.05) is 11.8 Å². The van der Waals surface area contributed by atoms with E-state index in [9.17, 15) is 0 Å². The number of rotatable bonds is 8. The summed E-state index contributed by atoms with van der Waals surface area (Å²) in [6.45, 7) is 4.45. The van der Waals surface area contributed by atoms with Crippen LogP contribution in [0.5, 0.6) is 0 Å². The van der Waals surface area contributed by atoms with Crippen molar-refractivity contribution in [3.8, 4) is 0 Å². The van der Waals surface area contributed by atoms with Gasteiger partial charge in [-0.1, -0.05) is 20.3 Å². The van der Waals surface area contributed by atoms with Crippen LogP contribution in [-0.4, -0.2) is 17.4 Å². The van der Waals surface area contributed by atoms with E-state index in [0.29, 0.717) is 0 Å². The molecule has 2 heteroatoms. The third kappa shape index (κ3) is 7.30. The highest BCUT2D eigenvalue weighted by Crippen LogP contribution is 2.16. The van der Waals surface area contributed by atoms with Crippen molar-refractivity contribution in [3.63, 3.8) is 0 Å². The summed E-state index contributed by atoms with van der Waals surface area (Å²) >= 11 is 7.89. The Morgan fingerprint density at radius 1 is 1.25 bits per heavy atom. The van der Waals surface area contributed by atoms with Crippen LogP contribution in [0.25, 0.3) is 0 Å². The molecule has 0 bridgehead atoms. The van der Waals surface area contributed by atoms with Gasteiger partial charge in [0.25, 0.3) is 0 Å². The molecular weight excluding hydrogens is 188 g/mol. The molecule has 0 spiro atoms. The lowest BCUT2D eigenvalue weighted by atomic mass is 10.0. The lowest BCUT2D eigenvalue weighted by Gasteiger charge is -2.11. The van der Waals surface area contributed by atoms with E-state index in [0.717, 1.165) is 11.8 Å². The van der Waals surface area contributed by atoms with Gasteiger partial charge < -0.3 is 0 Å². The Morgan fingerprint density at radius 2 is 2.00 bits per heavy atom. The Hall–Kier alpha value is 0.640. The number of hydrogen-bond acceptors (Lipinski definition) is 1. The van der Waals surface area contributed by atoms with E-state index in [4.69, 9.17) is 11.6 Å². The molecule has 0 nitrogen and oxygen atoms in total. The summed E-state index contributed by atoms with van der Waals surface area (Å²) in [7, 11) is 0. The van der Waals surface area contributed by atoms with Gasteiger partial charge in [-0.25, -0.2) is 0 Å². The highest BCUT2D eigenvalue weighted by Gasteiger charge is 2.04. The molecule has 0 aliphatic heterocycles. The molecule has 0 aliphatic carbocycles. The van der Waals surface area contributed by atoms with Crippen molar-refractivity contribution in [2.24, 2.45) is 5.92 Å². The van der Waals surface area contributed by atoms with Gasteiger partial charge >= 0.3 is 0 Å². The van der Waals surface area contributed by atoms with Gasteiger partial charge in [0.05, 0.1) is 0 Å². The molecule has 0 aromatic rings. The molecule has 1 atom stereocenters. The molecule has 0 saturated heterocycles. The van der Waals surface area contributed by atoms with Crippen LogP contribution < -0.4 is 0 Å². The maximum Gasteiger partial charge on any atom is 0.0251 e. The average Bonchev–Trinajstić information content (AvgIpc) is 2.10. The summed E-state index contributed by atoms with van der Waals surface area (Å²) in [5.41, 5.74) is 0. The first-order chi connectivity index (χ1) is 5.85. The van der Waals surface area contributed by atoms with E-state index in [-0.39, 0.29) is 0 Å². The van der Waals surface area contributed by atoms with Gasteiger partial charge in [-0.2, -0.15) is 11.8 Å². The van der Waals surface area contributed by atoms with Gasteiger partial charge in [0.15, 0.2) is 0 Å². The molecule has 0 amide bonds. The molecule has 0 aromatic carbocycles. The molecule has 0 N–H and O–H groups in total. The normalized spacial score (nSPS) is 13.2. The Morgan fingerprint density at radius 3 is 2.50 bits per heavy atom. The van der Waals surface area contributed by atoms with Gasteiger partial charge in [-0.3, -0.25) is 0 Å². The van der Waals surface area contributed by atoms with Gasteiger partial charge in [0.2, 0.25) is 0 Å². The van der Waals surface area contributed by atoms with Gasteiger partial charge in [0, 0.05) is 5.88 Å². The summed E-state index contributed by atoms with van der Waals surface area (Å²) in [6.07, 6.45) is 5.25. The fourth-order valence-corrected chi connectivity index (χ4v) is 2.29. The fraction of sp³-hybridized carbons (Fsp3) is 1.00. The van der Waals surface area contributed by atoms with E-state index in [1.165, 1.54) is 37.2 Å². The predicted molar refractivity (Wildman–Crippen MR) is 61.4 cm³/mol. The molecule has 0 heterocycles. The quantitative estimate of drug-likeness (QED) is 0.426. The molecule has 0 saturated carbocycles. The van der Waals surface area contributed by atoms with Crippen molar-refractivity contribution in [3.05, 3.63) is 0 Å². The summed E-state index contributed by atoms with van der Waals surface area (Å²) in [5, 5.41) is 0. The van der Waals surface area contributed by atoms with E-state index >= 15 is 0 Å².